The van der Waals surface area contributed by atoms with Crippen molar-refractivity contribution in [2.75, 3.05) is 0 Å². The Hall–Kier alpha value is -2.79. The molecule has 0 spiro atoms. The Morgan fingerprint density at radius 2 is 2.12 bits per heavy atom. The molecule has 0 saturated heterocycles. The molecule has 0 radical (unpaired) electrons. The molecular weight excluding hydrogens is 224 g/mol. The Balaban J connectivity index is 2.61. The van der Waals surface area contributed by atoms with E-state index in [9.17, 15) is 9.59 Å². The highest BCUT2D eigenvalue weighted by Crippen LogP contribution is 1.97. The van der Waals surface area contributed by atoms with Gasteiger partial charge in [0, 0.05) is 12.1 Å². The van der Waals surface area contributed by atoms with Gasteiger partial charge in [0.25, 0.3) is 0 Å². The zero-order valence-corrected chi connectivity index (χ0v) is 8.53. The van der Waals surface area contributed by atoms with Crippen molar-refractivity contribution in [3.8, 4) is 5.69 Å². The number of aromatic amines is 1. The summed E-state index contributed by atoms with van der Waals surface area (Å²) in [6, 6.07) is 8.62. The average Bonchev–Trinajstić information content (AvgIpc) is 2.73. The van der Waals surface area contributed by atoms with Crippen molar-refractivity contribution in [3.05, 3.63) is 52.0 Å². The highest BCUT2D eigenvalue weighted by Gasteiger charge is 2.31. The molecule has 0 bridgehead atoms. The number of benzene rings is 1. The fourth-order valence-electron chi connectivity index (χ4n) is 1.36. The minimum atomic E-state index is -0.834. The molecular formula is C10H7N4O3+. The van der Waals surface area contributed by atoms with Gasteiger partial charge >= 0.3 is 23.3 Å². The minimum Gasteiger partial charge on any atom is -0.361 e. The largest absolute Gasteiger partial charge is 0.439 e. The molecule has 7 heteroatoms. The van der Waals surface area contributed by atoms with E-state index in [1.807, 2.05) is 0 Å². The standard InChI is InChI=1S/C10H6N4O3/c11-12-6-8(15)9-10(16)17-13-14(9)7-4-2-1-3-5-7/h1-6H/p+1. The molecule has 1 heterocycles. The number of nitrogens with one attached hydrogen (secondary N) is 1. The Kier molecular flexibility index (Phi) is 2.76. The molecule has 2 rings (SSSR count). The molecule has 17 heavy (non-hydrogen) atoms. The van der Waals surface area contributed by atoms with Crippen LogP contribution in [0.1, 0.15) is 10.5 Å². The molecule has 0 amide bonds. The monoisotopic (exact) mass is 231 g/mol. The molecule has 1 aromatic heterocycles. The maximum atomic E-state index is 11.5. The fourth-order valence-corrected chi connectivity index (χ4v) is 1.36. The molecule has 0 unspecified atom stereocenters. The molecule has 0 aliphatic rings. The van der Waals surface area contributed by atoms with Crippen molar-refractivity contribution in [2.24, 2.45) is 0 Å². The van der Waals surface area contributed by atoms with Crippen LogP contribution < -0.4 is 10.3 Å². The number of carbonyl (C=O) groups is 1. The summed E-state index contributed by atoms with van der Waals surface area (Å²) in [4.78, 5) is 25.4. The van der Waals surface area contributed by atoms with Crippen molar-refractivity contribution in [1.29, 1.82) is 0 Å². The van der Waals surface area contributed by atoms with Gasteiger partial charge in [0.15, 0.2) is 0 Å². The van der Waals surface area contributed by atoms with Crippen molar-refractivity contribution in [3.63, 3.8) is 0 Å². The molecule has 1 aromatic carbocycles. The molecule has 0 atom stereocenters. The summed E-state index contributed by atoms with van der Waals surface area (Å²) in [5, 5.41) is 2.29. The third-order valence-corrected chi connectivity index (χ3v) is 2.07. The minimum absolute atomic E-state index is 0.269. The molecule has 0 saturated carbocycles. The van der Waals surface area contributed by atoms with Crippen LogP contribution in [-0.4, -0.2) is 22.1 Å². The Morgan fingerprint density at radius 1 is 1.41 bits per heavy atom. The predicted octanol–water partition coefficient (Wildman–Crippen LogP) is -0.272. The van der Waals surface area contributed by atoms with Gasteiger partial charge in [-0.3, -0.25) is 9.32 Å². The maximum Gasteiger partial charge on any atom is 0.439 e. The van der Waals surface area contributed by atoms with Crippen molar-refractivity contribution in [2.45, 2.75) is 0 Å². The first kappa shape index (κ1) is 10.7. The van der Waals surface area contributed by atoms with Crippen molar-refractivity contribution < 1.29 is 18.8 Å². The van der Waals surface area contributed by atoms with E-state index in [2.05, 4.69) is 14.6 Å². The van der Waals surface area contributed by atoms with Crippen LogP contribution in [0, 0.1) is 0 Å². The molecule has 0 aliphatic heterocycles. The lowest BCUT2D eigenvalue weighted by molar-refractivity contribution is -0.671. The van der Waals surface area contributed by atoms with Crippen LogP contribution in [0.5, 0.6) is 0 Å². The quantitative estimate of drug-likeness (QED) is 0.258. The van der Waals surface area contributed by atoms with E-state index < -0.39 is 11.4 Å². The predicted molar refractivity (Wildman–Crippen MR) is 54.9 cm³/mol. The Labute approximate surface area is 94.5 Å². The van der Waals surface area contributed by atoms with Crippen LogP contribution in [0.25, 0.3) is 11.2 Å². The third kappa shape index (κ3) is 1.95. The number of para-hydroxylation sites is 1. The van der Waals surface area contributed by atoms with E-state index in [1.165, 1.54) is 4.68 Å². The van der Waals surface area contributed by atoms with Gasteiger partial charge in [-0.2, -0.15) is 4.79 Å². The summed E-state index contributed by atoms with van der Waals surface area (Å²) in [7, 11) is 0. The van der Waals surface area contributed by atoms with Gasteiger partial charge < -0.3 is 5.53 Å². The number of Topliss-reactive ketones (excluding diaryl/α,β-unsaturated/α-hetero) is 1. The second-order valence-corrected chi connectivity index (χ2v) is 3.11. The van der Waals surface area contributed by atoms with Crippen LogP contribution in [0.3, 0.4) is 0 Å². The summed E-state index contributed by atoms with van der Waals surface area (Å²) >= 11 is 0. The van der Waals surface area contributed by atoms with E-state index in [0.717, 1.165) is 0 Å². The summed E-state index contributed by atoms with van der Waals surface area (Å²) in [5.41, 5.74) is 7.73. The van der Waals surface area contributed by atoms with Crippen LogP contribution >= 0.6 is 0 Å². The van der Waals surface area contributed by atoms with E-state index in [0.29, 0.717) is 11.9 Å². The van der Waals surface area contributed by atoms with E-state index >= 15 is 0 Å². The van der Waals surface area contributed by atoms with Crippen molar-refractivity contribution in [1.82, 2.24) is 5.27 Å². The van der Waals surface area contributed by atoms with Gasteiger partial charge in [0.2, 0.25) is 5.69 Å². The lowest BCUT2D eigenvalue weighted by Crippen LogP contribution is -2.41. The highest BCUT2D eigenvalue weighted by atomic mass is 16.5. The van der Waals surface area contributed by atoms with E-state index in [4.69, 9.17) is 5.53 Å². The molecule has 2 aromatic rings. The summed E-state index contributed by atoms with van der Waals surface area (Å²) in [6.07, 6.45) is 0.625. The third-order valence-electron chi connectivity index (χ3n) is 2.07. The van der Waals surface area contributed by atoms with Gasteiger partial charge in [-0.05, 0) is 9.95 Å². The summed E-state index contributed by atoms with van der Waals surface area (Å²) in [6.45, 7) is 0. The molecule has 0 aliphatic carbocycles. The van der Waals surface area contributed by atoms with Gasteiger partial charge in [-0.15, -0.1) is 0 Å². The Morgan fingerprint density at radius 3 is 2.76 bits per heavy atom. The topological polar surface area (TPSA) is 103 Å². The highest BCUT2D eigenvalue weighted by molar-refractivity contribution is 6.32. The number of H-pyrrole nitrogens is 1. The number of rotatable bonds is 3. The van der Waals surface area contributed by atoms with E-state index in [1.54, 1.807) is 30.3 Å². The number of ketones is 1. The van der Waals surface area contributed by atoms with Gasteiger partial charge in [-0.1, -0.05) is 18.2 Å². The molecule has 1 N–H and O–H groups in total. The first-order chi connectivity index (χ1) is 8.24. The summed E-state index contributed by atoms with van der Waals surface area (Å²) < 4.78 is 5.71. The average molecular weight is 231 g/mol. The molecule has 0 fully saturated rings. The Bertz CT molecular complexity index is 650. The maximum absolute atomic E-state index is 11.5. The number of aromatic nitrogens is 2. The number of nitrogens with zero attached hydrogens (tertiary/aromatic N) is 3. The van der Waals surface area contributed by atoms with Crippen molar-refractivity contribution >= 4 is 12.0 Å². The van der Waals surface area contributed by atoms with Gasteiger partial charge in [0.1, 0.15) is 0 Å². The molecule has 84 valence electrons. The van der Waals surface area contributed by atoms with Crippen LogP contribution in [0.15, 0.2) is 39.6 Å². The first-order valence-corrected chi connectivity index (χ1v) is 4.64. The zero-order chi connectivity index (χ0) is 12.3. The van der Waals surface area contributed by atoms with Gasteiger partial charge in [0.05, 0.1) is 0 Å². The first-order valence-electron chi connectivity index (χ1n) is 4.64. The number of hydrogen-bond donors (Lipinski definition) is 1. The van der Waals surface area contributed by atoms with Crippen LogP contribution in [-0.2, 0) is 0 Å². The summed E-state index contributed by atoms with van der Waals surface area (Å²) in [5.74, 6) is -0.758. The lowest BCUT2D eigenvalue weighted by Gasteiger charge is -1.88. The number of hydrogen-bond acceptors (Lipinski definition) is 3. The zero-order valence-electron chi connectivity index (χ0n) is 8.53. The van der Waals surface area contributed by atoms with E-state index in [-0.39, 0.29) is 5.69 Å². The SMILES string of the molecule is [N-]=[N+]=CC(=O)c1c(=O)o[nH][n+]1-c1ccccc1. The van der Waals surface area contributed by atoms with Crippen LogP contribution in [0.2, 0.25) is 0 Å². The normalized spacial score (nSPS) is 9.65. The fraction of sp³-hybridized carbons (Fsp3) is 0. The van der Waals surface area contributed by atoms with Gasteiger partial charge in [-0.25, -0.2) is 4.79 Å². The van der Waals surface area contributed by atoms with Crippen LogP contribution in [0.4, 0.5) is 0 Å². The molecule has 7 nitrogen and oxygen atoms in total. The smallest absolute Gasteiger partial charge is 0.361 e. The second-order valence-electron chi connectivity index (χ2n) is 3.11. The second kappa shape index (κ2) is 4.38. The number of carbonyl (C=O) groups excluding carboxylic acids is 1. The lowest BCUT2D eigenvalue weighted by atomic mass is 10.3.